The van der Waals surface area contributed by atoms with Crippen molar-refractivity contribution in [3.63, 3.8) is 0 Å². The van der Waals surface area contributed by atoms with Gasteiger partial charge in [-0.2, -0.15) is 0 Å². The third kappa shape index (κ3) is 3.01. The van der Waals surface area contributed by atoms with Crippen LogP contribution < -0.4 is 5.32 Å². The molecular formula is C9H17N3OS. The third-order valence-corrected chi connectivity index (χ3v) is 2.88. The largest absolute Gasteiger partial charge is 0.385 e. The number of nitrogens with zero attached hydrogens (tertiary/aromatic N) is 2. The summed E-state index contributed by atoms with van der Waals surface area (Å²) in [6, 6.07) is 0.281. The molecule has 0 saturated heterocycles. The average molecular weight is 215 g/mol. The molecule has 2 unspecified atom stereocenters. The zero-order chi connectivity index (χ0) is 10.4. The SMILES string of the molecule is CNC(c1csnn1)C(C)CCOC. The molecule has 14 heavy (non-hydrogen) atoms. The molecule has 0 aliphatic heterocycles. The first-order valence-corrected chi connectivity index (χ1v) is 5.56. The van der Waals surface area contributed by atoms with E-state index in [1.54, 1.807) is 7.11 Å². The van der Waals surface area contributed by atoms with E-state index < -0.39 is 0 Å². The Hall–Kier alpha value is -0.520. The van der Waals surface area contributed by atoms with E-state index in [1.807, 2.05) is 12.4 Å². The summed E-state index contributed by atoms with van der Waals surface area (Å²) in [6.45, 7) is 2.98. The molecule has 0 spiro atoms. The van der Waals surface area contributed by atoms with Gasteiger partial charge >= 0.3 is 0 Å². The van der Waals surface area contributed by atoms with Crippen molar-refractivity contribution in [2.24, 2.45) is 5.92 Å². The lowest BCUT2D eigenvalue weighted by molar-refractivity contribution is 0.171. The van der Waals surface area contributed by atoms with Gasteiger partial charge in [0.05, 0.1) is 11.7 Å². The molecule has 0 fully saturated rings. The van der Waals surface area contributed by atoms with Gasteiger partial charge in [0.15, 0.2) is 0 Å². The molecule has 0 aliphatic carbocycles. The van der Waals surface area contributed by atoms with Gasteiger partial charge < -0.3 is 10.1 Å². The molecule has 5 heteroatoms. The fourth-order valence-corrected chi connectivity index (χ4v) is 1.99. The monoisotopic (exact) mass is 215 g/mol. The Morgan fingerprint density at radius 1 is 1.64 bits per heavy atom. The van der Waals surface area contributed by atoms with Crippen molar-refractivity contribution in [2.75, 3.05) is 20.8 Å². The molecular weight excluding hydrogens is 198 g/mol. The standard InChI is InChI=1S/C9H17N3OS/c1-7(4-5-13-3)9(10-2)8-6-14-12-11-8/h6-7,9-10H,4-5H2,1-3H3. The Labute approximate surface area is 88.8 Å². The van der Waals surface area contributed by atoms with Crippen molar-refractivity contribution in [1.29, 1.82) is 0 Å². The average Bonchev–Trinajstić information content (AvgIpc) is 2.69. The van der Waals surface area contributed by atoms with Crippen LogP contribution in [-0.4, -0.2) is 30.4 Å². The second-order valence-corrected chi connectivity index (χ2v) is 3.96. The summed E-state index contributed by atoms with van der Waals surface area (Å²) >= 11 is 1.39. The molecule has 0 radical (unpaired) electrons. The zero-order valence-corrected chi connectivity index (χ0v) is 9.67. The minimum absolute atomic E-state index is 0.281. The molecule has 2 atom stereocenters. The Morgan fingerprint density at radius 2 is 2.43 bits per heavy atom. The van der Waals surface area contributed by atoms with Gasteiger partial charge in [0.25, 0.3) is 0 Å². The maximum absolute atomic E-state index is 5.06. The predicted octanol–water partition coefficient (Wildman–Crippen LogP) is 1.47. The number of nitrogens with one attached hydrogen (secondary N) is 1. The second-order valence-electron chi connectivity index (χ2n) is 3.35. The van der Waals surface area contributed by atoms with E-state index in [2.05, 4.69) is 21.8 Å². The van der Waals surface area contributed by atoms with E-state index in [1.165, 1.54) is 11.5 Å². The minimum Gasteiger partial charge on any atom is -0.385 e. The molecule has 1 aromatic rings. The lowest BCUT2D eigenvalue weighted by Crippen LogP contribution is -2.24. The van der Waals surface area contributed by atoms with Crippen molar-refractivity contribution in [1.82, 2.24) is 14.9 Å². The maximum atomic E-state index is 5.06. The van der Waals surface area contributed by atoms with Crippen LogP contribution in [0.4, 0.5) is 0 Å². The molecule has 1 heterocycles. The van der Waals surface area contributed by atoms with Crippen molar-refractivity contribution in [3.05, 3.63) is 11.1 Å². The molecule has 1 N–H and O–H groups in total. The van der Waals surface area contributed by atoms with E-state index in [0.29, 0.717) is 5.92 Å². The zero-order valence-electron chi connectivity index (χ0n) is 8.86. The Morgan fingerprint density at radius 3 is 2.93 bits per heavy atom. The summed E-state index contributed by atoms with van der Waals surface area (Å²) in [7, 11) is 3.68. The van der Waals surface area contributed by atoms with E-state index in [9.17, 15) is 0 Å². The van der Waals surface area contributed by atoms with Crippen LogP contribution in [0, 0.1) is 5.92 Å². The van der Waals surface area contributed by atoms with Crippen molar-refractivity contribution < 1.29 is 4.74 Å². The highest BCUT2D eigenvalue weighted by Gasteiger charge is 2.19. The fraction of sp³-hybridized carbons (Fsp3) is 0.778. The maximum Gasteiger partial charge on any atom is 0.0927 e. The number of ether oxygens (including phenoxy) is 1. The minimum atomic E-state index is 0.281. The van der Waals surface area contributed by atoms with Crippen LogP contribution in [0.5, 0.6) is 0 Å². The predicted molar refractivity (Wildman–Crippen MR) is 57.4 cm³/mol. The Balaban J connectivity index is 2.53. The van der Waals surface area contributed by atoms with Crippen molar-refractivity contribution >= 4 is 11.5 Å². The van der Waals surface area contributed by atoms with E-state index in [0.717, 1.165) is 18.7 Å². The lowest BCUT2D eigenvalue weighted by Gasteiger charge is -2.20. The van der Waals surface area contributed by atoms with Crippen molar-refractivity contribution in [2.45, 2.75) is 19.4 Å². The van der Waals surface area contributed by atoms with Crippen LogP contribution in [0.25, 0.3) is 0 Å². The summed E-state index contributed by atoms with van der Waals surface area (Å²) in [5.74, 6) is 0.504. The summed E-state index contributed by atoms with van der Waals surface area (Å²) in [4.78, 5) is 0. The van der Waals surface area contributed by atoms with E-state index >= 15 is 0 Å². The van der Waals surface area contributed by atoms with Crippen LogP contribution in [0.15, 0.2) is 5.38 Å². The van der Waals surface area contributed by atoms with Gasteiger partial charge in [-0.15, -0.1) is 5.10 Å². The molecule has 0 aromatic carbocycles. The summed E-state index contributed by atoms with van der Waals surface area (Å²) in [6.07, 6.45) is 1.03. The molecule has 1 aromatic heterocycles. The molecule has 0 aliphatic rings. The van der Waals surface area contributed by atoms with Gasteiger partial charge in [-0.25, -0.2) is 0 Å². The van der Waals surface area contributed by atoms with Gasteiger partial charge in [0.1, 0.15) is 0 Å². The van der Waals surface area contributed by atoms with Gasteiger partial charge in [0, 0.05) is 19.1 Å². The third-order valence-electron chi connectivity index (χ3n) is 2.35. The fourth-order valence-electron chi connectivity index (χ4n) is 1.50. The smallest absolute Gasteiger partial charge is 0.0927 e. The number of hydrogen-bond acceptors (Lipinski definition) is 5. The van der Waals surface area contributed by atoms with Crippen LogP contribution in [0.1, 0.15) is 25.1 Å². The quantitative estimate of drug-likeness (QED) is 0.780. The second kappa shape index (κ2) is 6.06. The molecule has 0 saturated carbocycles. The number of hydrogen-bond donors (Lipinski definition) is 1. The Kier molecular flexibility index (Phi) is 5.00. The van der Waals surface area contributed by atoms with Gasteiger partial charge in [0.2, 0.25) is 0 Å². The van der Waals surface area contributed by atoms with Crippen LogP contribution >= 0.6 is 11.5 Å². The highest BCUT2D eigenvalue weighted by molar-refractivity contribution is 7.03. The first kappa shape index (κ1) is 11.6. The summed E-state index contributed by atoms with van der Waals surface area (Å²) in [5.41, 5.74) is 1.03. The molecule has 1 rings (SSSR count). The normalized spacial score (nSPS) is 15.4. The summed E-state index contributed by atoms with van der Waals surface area (Å²) in [5, 5.41) is 9.33. The lowest BCUT2D eigenvalue weighted by atomic mass is 9.97. The first-order valence-electron chi connectivity index (χ1n) is 4.72. The number of methoxy groups -OCH3 is 1. The van der Waals surface area contributed by atoms with E-state index in [4.69, 9.17) is 4.74 Å². The molecule has 0 bridgehead atoms. The number of aromatic nitrogens is 2. The molecule has 4 nitrogen and oxygen atoms in total. The van der Waals surface area contributed by atoms with Gasteiger partial charge in [-0.05, 0) is 30.9 Å². The molecule has 0 amide bonds. The van der Waals surface area contributed by atoms with Crippen LogP contribution in [0.2, 0.25) is 0 Å². The van der Waals surface area contributed by atoms with Crippen molar-refractivity contribution in [3.8, 4) is 0 Å². The Bertz CT molecular complexity index is 240. The van der Waals surface area contributed by atoms with Gasteiger partial charge in [-0.1, -0.05) is 11.4 Å². The highest BCUT2D eigenvalue weighted by Crippen LogP contribution is 2.22. The number of rotatable bonds is 6. The highest BCUT2D eigenvalue weighted by atomic mass is 32.1. The van der Waals surface area contributed by atoms with Crippen LogP contribution in [0.3, 0.4) is 0 Å². The summed E-state index contributed by atoms with van der Waals surface area (Å²) < 4.78 is 8.94. The first-order chi connectivity index (χ1) is 6.79. The molecule has 80 valence electrons. The topological polar surface area (TPSA) is 47.0 Å². The van der Waals surface area contributed by atoms with E-state index in [-0.39, 0.29) is 6.04 Å². The van der Waals surface area contributed by atoms with Crippen LogP contribution in [-0.2, 0) is 4.74 Å². The van der Waals surface area contributed by atoms with Gasteiger partial charge in [-0.3, -0.25) is 0 Å².